The third kappa shape index (κ3) is 1.85. The van der Waals surface area contributed by atoms with Crippen LogP contribution in [0.2, 0.25) is 0 Å². The van der Waals surface area contributed by atoms with E-state index in [2.05, 4.69) is 5.10 Å². The van der Waals surface area contributed by atoms with Gasteiger partial charge in [-0.15, -0.1) is 0 Å². The van der Waals surface area contributed by atoms with Crippen LogP contribution in [0.15, 0.2) is 6.20 Å². The van der Waals surface area contributed by atoms with Crippen LogP contribution in [0.4, 0.5) is 0 Å². The number of carboxylic acid groups (broad SMARTS) is 1. The van der Waals surface area contributed by atoms with Gasteiger partial charge in [-0.05, 0) is 19.8 Å². The quantitative estimate of drug-likeness (QED) is 0.837. The summed E-state index contributed by atoms with van der Waals surface area (Å²) in [7, 11) is 1.78. The average Bonchev–Trinajstić information content (AvgIpc) is 2.59. The molecular formula is C12H16N2O3. The summed E-state index contributed by atoms with van der Waals surface area (Å²) >= 11 is 0. The second-order valence-corrected chi connectivity index (χ2v) is 4.73. The SMILES string of the molecule is Cc1nn(C)cc1C1(C(=O)O)CCC(=O)CC1. The molecule has 0 spiro atoms. The number of carbonyl (C=O) groups excluding carboxylic acids is 1. The first-order valence-electron chi connectivity index (χ1n) is 5.71. The molecule has 1 saturated carbocycles. The van der Waals surface area contributed by atoms with Gasteiger partial charge in [0.05, 0.1) is 11.1 Å². The van der Waals surface area contributed by atoms with E-state index in [4.69, 9.17) is 0 Å². The largest absolute Gasteiger partial charge is 0.481 e. The summed E-state index contributed by atoms with van der Waals surface area (Å²) in [5, 5.41) is 13.7. The number of aromatic nitrogens is 2. The third-order valence-corrected chi connectivity index (χ3v) is 3.60. The second-order valence-electron chi connectivity index (χ2n) is 4.73. The Bertz CT molecular complexity index is 466. The van der Waals surface area contributed by atoms with Crippen LogP contribution in [-0.4, -0.2) is 26.6 Å². The van der Waals surface area contributed by atoms with Gasteiger partial charge < -0.3 is 5.11 Å². The van der Waals surface area contributed by atoms with Gasteiger partial charge in [-0.2, -0.15) is 5.10 Å². The van der Waals surface area contributed by atoms with E-state index < -0.39 is 11.4 Å². The number of ketones is 1. The summed E-state index contributed by atoms with van der Waals surface area (Å²) in [4.78, 5) is 22.9. The molecule has 0 atom stereocenters. The molecule has 2 rings (SSSR count). The second kappa shape index (κ2) is 3.98. The van der Waals surface area contributed by atoms with Crippen molar-refractivity contribution in [1.82, 2.24) is 9.78 Å². The Labute approximate surface area is 99.4 Å². The third-order valence-electron chi connectivity index (χ3n) is 3.60. The zero-order valence-corrected chi connectivity index (χ0v) is 10.1. The van der Waals surface area contributed by atoms with E-state index in [1.54, 1.807) is 17.9 Å². The van der Waals surface area contributed by atoms with Crippen LogP contribution >= 0.6 is 0 Å². The fourth-order valence-electron chi connectivity index (χ4n) is 2.62. The van der Waals surface area contributed by atoms with Gasteiger partial charge >= 0.3 is 5.97 Å². The number of Topliss-reactive ketones (excluding diaryl/α,β-unsaturated/α-hetero) is 1. The van der Waals surface area contributed by atoms with Crippen LogP contribution in [0.5, 0.6) is 0 Å². The molecule has 0 saturated heterocycles. The number of hydrogen-bond donors (Lipinski definition) is 1. The Morgan fingerprint density at radius 3 is 2.47 bits per heavy atom. The fraction of sp³-hybridized carbons (Fsp3) is 0.583. The standard InChI is InChI=1S/C12H16N2O3/c1-8-10(7-14(2)13-8)12(11(16)17)5-3-9(15)4-6-12/h7H,3-6H2,1-2H3,(H,16,17). The summed E-state index contributed by atoms with van der Waals surface area (Å²) in [5.41, 5.74) is 0.566. The van der Waals surface area contributed by atoms with Crippen molar-refractivity contribution in [1.29, 1.82) is 0 Å². The summed E-state index contributed by atoms with van der Waals surface area (Å²) in [6.45, 7) is 1.82. The monoisotopic (exact) mass is 236 g/mol. The highest BCUT2D eigenvalue weighted by Crippen LogP contribution is 2.39. The molecule has 1 heterocycles. The number of aliphatic carboxylic acids is 1. The van der Waals surface area contributed by atoms with Gasteiger partial charge in [0.25, 0.3) is 0 Å². The highest BCUT2D eigenvalue weighted by Gasteiger charge is 2.45. The van der Waals surface area contributed by atoms with Crippen molar-refractivity contribution in [3.8, 4) is 0 Å². The molecular weight excluding hydrogens is 220 g/mol. The van der Waals surface area contributed by atoms with Gasteiger partial charge in [-0.1, -0.05) is 0 Å². The van der Waals surface area contributed by atoms with E-state index in [1.807, 2.05) is 6.92 Å². The Balaban J connectivity index is 2.45. The number of hydrogen-bond acceptors (Lipinski definition) is 3. The van der Waals surface area contributed by atoms with E-state index in [9.17, 15) is 14.7 Å². The Kier molecular flexibility index (Phi) is 2.77. The molecule has 1 aromatic heterocycles. The van der Waals surface area contributed by atoms with E-state index in [0.29, 0.717) is 25.7 Å². The molecule has 0 radical (unpaired) electrons. The molecule has 0 amide bonds. The van der Waals surface area contributed by atoms with Crippen molar-refractivity contribution in [3.63, 3.8) is 0 Å². The first-order valence-corrected chi connectivity index (χ1v) is 5.71. The van der Waals surface area contributed by atoms with Crippen molar-refractivity contribution in [2.75, 3.05) is 0 Å². The van der Waals surface area contributed by atoms with Gasteiger partial charge in [-0.25, -0.2) is 0 Å². The number of nitrogens with zero attached hydrogens (tertiary/aromatic N) is 2. The van der Waals surface area contributed by atoms with Gasteiger partial charge in [-0.3, -0.25) is 14.3 Å². The van der Waals surface area contributed by atoms with Crippen molar-refractivity contribution in [2.45, 2.75) is 38.0 Å². The molecule has 5 nitrogen and oxygen atoms in total. The maximum absolute atomic E-state index is 11.6. The lowest BCUT2D eigenvalue weighted by Crippen LogP contribution is -2.40. The lowest BCUT2D eigenvalue weighted by molar-refractivity contribution is -0.146. The Morgan fingerprint density at radius 2 is 2.06 bits per heavy atom. The Morgan fingerprint density at radius 1 is 1.47 bits per heavy atom. The van der Waals surface area contributed by atoms with Crippen molar-refractivity contribution in [3.05, 3.63) is 17.5 Å². The van der Waals surface area contributed by atoms with Crippen LogP contribution < -0.4 is 0 Å². The lowest BCUT2D eigenvalue weighted by Gasteiger charge is -2.32. The molecule has 1 N–H and O–H groups in total. The number of carbonyl (C=O) groups is 2. The molecule has 17 heavy (non-hydrogen) atoms. The normalized spacial score (nSPS) is 19.3. The van der Waals surface area contributed by atoms with E-state index in [0.717, 1.165) is 11.3 Å². The zero-order valence-electron chi connectivity index (χ0n) is 10.1. The van der Waals surface area contributed by atoms with E-state index in [-0.39, 0.29) is 5.78 Å². The van der Waals surface area contributed by atoms with Gasteiger partial charge in [0.1, 0.15) is 5.78 Å². The first-order chi connectivity index (χ1) is 7.95. The van der Waals surface area contributed by atoms with Crippen LogP contribution in [0.1, 0.15) is 36.9 Å². The fourth-order valence-corrected chi connectivity index (χ4v) is 2.62. The summed E-state index contributed by atoms with van der Waals surface area (Å²) < 4.78 is 1.63. The minimum atomic E-state index is -0.924. The lowest BCUT2D eigenvalue weighted by atomic mass is 9.69. The molecule has 1 aliphatic rings. The number of carboxylic acids is 1. The molecule has 5 heteroatoms. The van der Waals surface area contributed by atoms with Gasteiger partial charge in [0.2, 0.25) is 0 Å². The van der Waals surface area contributed by atoms with Crippen molar-refractivity contribution < 1.29 is 14.7 Å². The average molecular weight is 236 g/mol. The summed E-state index contributed by atoms with van der Waals surface area (Å²) in [5.74, 6) is -0.690. The number of rotatable bonds is 2. The maximum atomic E-state index is 11.6. The minimum absolute atomic E-state index is 0.156. The number of aryl methyl sites for hydroxylation is 2. The van der Waals surface area contributed by atoms with Gasteiger partial charge in [0, 0.05) is 31.6 Å². The molecule has 92 valence electrons. The Hall–Kier alpha value is -1.65. The predicted molar refractivity (Wildman–Crippen MR) is 60.7 cm³/mol. The molecule has 1 fully saturated rings. The van der Waals surface area contributed by atoms with Crippen LogP contribution in [0, 0.1) is 6.92 Å². The van der Waals surface area contributed by atoms with Crippen molar-refractivity contribution in [2.24, 2.45) is 7.05 Å². The molecule has 0 aliphatic heterocycles. The van der Waals surface area contributed by atoms with Crippen LogP contribution in [-0.2, 0) is 22.1 Å². The molecule has 1 aromatic rings. The maximum Gasteiger partial charge on any atom is 0.314 e. The van der Waals surface area contributed by atoms with E-state index in [1.165, 1.54) is 0 Å². The zero-order chi connectivity index (χ0) is 12.6. The molecule has 0 unspecified atom stereocenters. The van der Waals surface area contributed by atoms with Crippen LogP contribution in [0.3, 0.4) is 0 Å². The highest BCUT2D eigenvalue weighted by atomic mass is 16.4. The van der Waals surface area contributed by atoms with Crippen LogP contribution in [0.25, 0.3) is 0 Å². The highest BCUT2D eigenvalue weighted by molar-refractivity contribution is 5.87. The topological polar surface area (TPSA) is 72.2 Å². The molecule has 0 bridgehead atoms. The molecule has 1 aliphatic carbocycles. The van der Waals surface area contributed by atoms with Crippen molar-refractivity contribution >= 4 is 11.8 Å². The minimum Gasteiger partial charge on any atom is -0.481 e. The van der Waals surface area contributed by atoms with Gasteiger partial charge in [0.15, 0.2) is 0 Å². The summed E-state index contributed by atoms with van der Waals surface area (Å²) in [6.07, 6.45) is 3.22. The summed E-state index contributed by atoms with van der Waals surface area (Å²) in [6, 6.07) is 0. The smallest absolute Gasteiger partial charge is 0.314 e. The first kappa shape index (κ1) is 11.8. The predicted octanol–water partition coefficient (Wildman–Crippen LogP) is 1.19. The molecule has 0 aromatic carbocycles. The van der Waals surface area contributed by atoms with E-state index >= 15 is 0 Å².